The molecule has 0 N–H and O–H groups in total. The fourth-order valence-electron chi connectivity index (χ4n) is 1.35. The van der Waals surface area contributed by atoms with Crippen LogP contribution in [0.4, 0.5) is 4.39 Å². The highest BCUT2D eigenvalue weighted by molar-refractivity contribution is 9.10. The molecule has 0 spiro atoms. The molecule has 16 heavy (non-hydrogen) atoms. The number of methoxy groups -OCH3 is 1. The lowest BCUT2D eigenvalue weighted by molar-refractivity contribution is -0.141. The van der Waals surface area contributed by atoms with Gasteiger partial charge >= 0.3 is 5.97 Å². The van der Waals surface area contributed by atoms with Crippen LogP contribution in [0, 0.1) is 5.82 Å². The maximum Gasteiger partial charge on any atom is 0.319 e. The van der Waals surface area contributed by atoms with Crippen molar-refractivity contribution in [2.24, 2.45) is 0 Å². The lowest BCUT2D eigenvalue weighted by Gasteiger charge is -2.15. The Morgan fingerprint density at radius 1 is 1.50 bits per heavy atom. The standard InChI is InChI=1S/C11H13BrFNO2/c1-14(7-11(15)16-2)6-8-3-9(12)5-10(13)4-8/h3-5H,6-7H2,1-2H3. The van der Waals surface area contributed by atoms with Gasteiger partial charge in [0.05, 0.1) is 13.7 Å². The second-order valence-corrected chi connectivity index (χ2v) is 4.44. The zero-order valence-corrected chi connectivity index (χ0v) is 10.8. The molecule has 88 valence electrons. The number of rotatable bonds is 4. The zero-order chi connectivity index (χ0) is 12.1. The van der Waals surface area contributed by atoms with Crippen LogP contribution in [0.1, 0.15) is 5.56 Å². The predicted octanol–water partition coefficient (Wildman–Crippen LogP) is 2.19. The Morgan fingerprint density at radius 3 is 2.75 bits per heavy atom. The molecule has 5 heteroatoms. The van der Waals surface area contributed by atoms with Gasteiger partial charge in [-0.15, -0.1) is 0 Å². The Labute approximate surface area is 102 Å². The maximum absolute atomic E-state index is 13.1. The van der Waals surface area contributed by atoms with Crippen LogP contribution in [0.3, 0.4) is 0 Å². The summed E-state index contributed by atoms with van der Waals surface area (Å²) in [6, 6.07) is 4.65. The first-order valence-electron chi connectivity index (χ1n) is 4.71. The lowest BCUT2D eigenvalue weighted by Crippen LogP contribution is -2.26. The van der Waals surface area contributed by atoms with E-state index in [1.807, 2.05) is 6.07 Å². The van der Waals surface area contributed by atoms with Gasteiger partial charge in [0.1, 0.15) is 5.82 Å². The zero-order valence-electron chi connectivity index (χ0n) is 9.17. The lowest BCUT2D eigenvalue weighted by atomic mass is 10.2. The van der Waals surface area contributed by atoms with Crippen LogP contribution in [0.25, 0.3) is 0 Å². The number of benzene rings is 1. The number of esters is 1. The van der Waals surface area contributed by atoms with Crippen molar-refractivity contribution in [3.8, 4) is 0 Å². The molecule has 0 aliphatic carbocycles. The normalized spacial score (nSPS) is 10.6. The molecule has 0 saturated carbocycles. The molecule has 1 aromatic rings. The first-order valence-corrected chi connectivity index (χ1v) is 5.51. The van der Waals surface area contributed by atoms with Crippen LogP contribution in [0.15, 0.2) is 22.7 Å². The van der Waals surface area contributed by atoms with E-state index in [4.69, 9.17) is 0 Å². The van der Waals surface area contributed by atoms with E-state index in [0.717, 1.165) is 5.56 Å². The van der Waals surface area contributed by atoms with Crippen LogP contribution in [0.2, 0.25) is 0 Å². The minimum atomic E-state index is -0.307. The molecule has 0 aliphatic rings. The Kier molecular flexibility index (Phi) is 4.89. The SMILES string of the molecule is COC(=O)CN(C)Cc1cc(F)cc(Br)c1. The summed E-state index contributed by atoms with van der Waals surface area (Å²) in [5, 5.41) is 0. The third kappa shape index (κ3) is 4.28. The van der Waals surface area contributed by atoms with E-state index in [1.54, 1.807) is 11.9 Å². The monoisotopic (exact) mass is 289 g/mol. The molecule has 0 saturated heterocycles. The van der Waals surface area contributed by atoms with Gasteiger partial charge in [-0.3, -0.25) is 9.69 Å². The third-order valence-electron chi connectivity index (χ3n) is 2.00. The molecule has 0 heterocycles. The topological polar surface area (TPSA) is 29.5 Å². The van der Waals surface area contributed by atoms with Gasteiger partial charge in [0.15, 0.2) is 0 Å². The van der Waals surface area contributed by atoms with Gasteiger partial charge in [0.25, 0.3) is 0 Å². The molecule has 0 aromatic heterocycles. The molecular formula is C11H13BrFNO2. The number of likely N-dealkylation sites (N-methyl/N-ethyl adjacent to an activating group) is 1. The largest absolute Gasteiger partial charge is 0.468 e. The van der Waals surface area contributed by atoms with E-state index in [2.05, 4.69) is 20.7 Å². The molecular weight excluding hydrogens is 277 g/mol. The molecule has 1 aromatic carbocycles. The van der Waals surface area contributed by atoms with E-state index in [9.17, 15) is 9.18 Å². The number of carbonyl (C=O) groups is 1. The first kappa shape index (κ1) is 13.1. The quantitative estimate of drug-likeness (QED) is 0.796. The Bertz CT molecular complexity index is 364. The van der Waals surface area contributed by atoms with Crippen molar-refractivity contribution in [2.45, 2.75) is 6.54 Å². The van der Waals surface area contributed by atoms with Crippen molar-refractivity contribution >= 4 is 21.9 Å². The van der Waals surface area contributed by atoms with Crippen LogP contribution in [-0.4, -0.2) is 31.6 Å². The molecule has 0 fully saturated rings. The van der Waals surface area contributed by atoms with Crippen molar-refractivity contribution < 1.29 is 13.9 Å². The van der Waals surface area contributed by atoms with Crippen molar-refractivity contribution in [3.63, 3.8) is 0 Å². The summed E-state index contributed by atoms with van der Waals surface area (Å²) in [6.45, 7) is 0.677. The number of hydrogen-bond donors (Lipinski definition) is 0. The maximum atomic E-state index is 13.1. The summed E-state index contributed by atoms with van der Waals surface area (Å²) < 4.78 is 18.3. The van der Waals surface area contributed by atoms with Crippen molar-refractivity contribution in [3.05, 3.63) is 34.1 Å². The second-order valence-electron chi connectivity index (χ2n) is 3.53. The minimum Gasteiger partial charge on any atom is -0.468 e. The van der Waals surface area contributed by atoms with Crippen molar-refractivity contribution in [2.75, 3.05) is 20.7 Å². The Hall–Kier alpha value is -0.940. The summed E-state index contributed by atoms with van der Waals surface area (Å²) >= 11 is 3.22. The van der Waals surface area contributed by atoms with E-state index in [0.29, 0.717) is 11.0 Å². The smallest absolute Gasteiger partial charge is 0.319 e. The average Bonchev–Trinajstić information content (AvgIpc) is 2.15. The van der Waals surface area contributed by atoms with Gasteiger partial charge in [0, 0.05) is 11.0 Å². The summed E-state index contributed by atoms with van der Waals surface area (Å²) in [7, 11) is 3.12. The molecule has 1 rings (SSSR count). The van der Waals surface area contributed by atoms with Gasteiger partial charge in [-0.1, -0.05) is 15.9 Å². The second kappa shape index (κ2) is 5.96. The fourth-order valence-corrected chi connectivity index (χ4v) is 1.87. The van der Waals surface area contributed by atoms with Crippen LogP contribution >= 0.6 is 15.9 Å². The van der Waals surface area contributed by atoms with Gasteiger partial charge in [0.2, 0.25) is 0 Å². The minimum absolute atomic E-state index is 0.185. The van der Waals surface area contributed by atoms with Gasteiger partial charge in [-0.05, 0) is 30.8 Å². The number of carbonyl (C=O) groups excluding carboxylic acids is 1. The van der Waals surface area contributed by atoms with Gasteiger partial charge < -0.3 is 4.74 Å². The molecule has 0 bridgehead atoms. The first-order chi connectivity index (χ1) is 7.51. The van der Waals surface area contributed by atoms with Gasteiger partial charge in [-0.2, -0.15) is 0 Å². The average molecular weight is 290 g/mol. The highest BCUT2D eigenvalue weighted by Gasteiger charge is 2.07. The summed E-state index contributed by atoms with van der Waals surface area (Å²) in [5.74, 6) is -0.603. The van der Waals surface area contributed by atoms with Crippen molar-refractivity contribution in [1.29, 1.82) is 0 Å². The van der Waals surface area contributed by atoms with E-state index >= 15 is 0 Å². The molecule has 0 aliphatic heterocycles. The van der Waals surface area contributed by atoms with Crippen molar-refractivity contribution in [1.82, 2.24) is 4.90 Å². The van der Waals surface area contributed by atoms with Crippen LogP contribution in [0.5, 0.6) is 0 Å². The van der Waals surface area contributed by atoms with E-state index in [-0.39, 0.29) is 18.3 Å². The highest BCUT2D eigenvalue weighted by atomic mass is 79.9. The van der Waals surface area contributed by atoms with E-state index in [1.165, 1.54) is 19.2 Å². The Morgan fingerprint density at radius 2 is 2.19 bits per heavy atom. The molecule has 0 unspecified atom stereocenters. The van der Waals surface area contributed by atoms with Crippen LogP contribution < -0.4 is 0 Å². The summed E-state index contributed by atoms with van der Waals surface area (Å²) in [5.41, 5.74) is 0.804. The van der Waals surface area contributed by atoms with E-state index < -0.39 is 0 Å². The third-order valence-corrected chi connectivity index (χ3v) is 2.46. The molecule has 3 nitrogen and oxygen atoms in total. The fraction of sp³-hybridized carbons (Fsp3) is 0.364. The van der Waals surface area contributed by atoms with Gasteiger partial charge in [-0.25, -0.2) is 4.39 Å². The molecule has 0 amide bonds. The molecule has 0 radical (unpaired) electrons. The number of ether oxygens (including phenoxy) is 1. The number of halogens is 2. The summed E-state index contributed by atoms with van der Waals surface area (Å²) in [6.07, 6.45) is 0. The predicted molar refractivity (Wildman–Crippen MR) is 62.5 cm³/mol. The Balaban J connectivity index is 2.62. The highest BCUT2D eigenvalue weighted by Crippen LogP contribution is 2.15. The number of hydrogen-bond acceptors (Lipinski definition) is 3. The number of nitrogens with zero attached hydrogens (tertiary/aromatic N) is 1. The molecule has 0 atom stereocenters. The van der Waals surface area contributed by atoms with Crippen LogP contribution in [-0.2, 0) is 16.1 Å². The summed E-state index contributed by atoms with van der Waals surface area (Å²) in [4.78, 5) is 12.8.